The molecular formula is C20H14O3. The van der Waals surface area contributed by atoms with Crippen molar-refractivity contribution in [3.05, 3.63) is 77.9 Å². The van der Waals surface area contributed by atoms with Crippen molar-refractivity contribution in [3.63, 3.8) is 0 Å². The first kappa shape index (κ1) is 13.6. The van der Waals surface area contributed by atoms with Crippen LogP contribution in [0.15, 0.2) is 66.7 Å². The Morgan fingerprint density at radius 2 is 1.52 bits per heavy atom. The van der Waals surface area contributed by atoms with Crippen molar-refractivity contribution >= 4 is 6.16 Å². The molecule has 4 rings (SSSR count). The molecule has 0 heterocycles. The summed E-state index contributed by atoms with van der Waals surface area (Å²) in [6, 6.07) is 21.8. The SMILES string of the molecule is O=C(O)Oc1c(-c2ccccc2)ccc2c1Cc1ccccc1-2. The number of hydrogen-bond donors (Lipinski definition) is 1. The Hall–Kier alpha value is -3.07. The molecule has 0 bridgehead atoms. The van der Waals surface area contributed by atoms with Crippen LogP contribution in [-0.4, -0.2) is 11.3 Å². The summed E-state index contributed by atoms with van der Waals surface area (Å²) in [4.78, 5) is 11.2. The minimum Gasteiger partial charge on any atom is -0.449 e. The van der Waals surface area contributed by atoms with Gasteiger partial charge in [-0.25, -0.2) is 4.79 Å². The maximum absolute atomic E-state index is 11.2. The van der Waals surface area contributed by atoms with E-state index in [1.807, 2.05) is 48.5 Å². The zero-order chi connectivity index (χ0) is 15.8. The molecule has 0 fully saturated rings. The minimum absolute atomic E-state index is 0.442. The van der Waals surface area contributed by atoms with Gasteiger partial charge in [-0.1, -0.05) is 60.7 Å². The second-order valence-corrected chi connectivity index (χ2v) is 5.54. The molecular weight excluding hydrogens is 288 g/mol. The van der Waals surface area contributed by atoms with Gasteiger partial charge in [-0.15, -0.1) is 0 Å². The molecule has 0 amide bonds. The Labute approximate surface area is 133 Å². The number of rotatable bonds is 2. The molecule has 1 aliphatic rings. The Kier molecular flexibility index (Phi) is 3.12. The van der Waals surface area contributed by atoms with Gasteiger partial charge in [0.25, 0.3) is 0 Å². The van der Waals surface area contributed by atoms with Gasteiger partial charge in [-0.2, -0.15) is 0 Å². The van der Waals surface area contributed by atoms with Crippen LogP contribution < -0.4 is 4.74 Å². The molecule has 0 atom stereocenters. The van der Waals surface area contributed by atoms with Gasteiger partial charge >= 0.3 is 6.16 Å². The van der Waals surface area contributed by atoms with Gasteiger partial charge in [-0.3, -0.25) is 0 Å². The Bertz CT molecular complexity index is 898. The number of hydrogen-bond acceptors (Lipinski definition) is 2. The van der Waals surface area contributed by atoms with Crippen LogP contribution in [0.25, 0.3) is 22.3 Å². The van der Waals surface area contributed by atoms with E-state index in [-0.39, 0.29) is 0 Å². The molecule has 0 radical (unpaired) electrons. The molecule has 0 saturated carbocycles. The summed E-state index contributed by atoms with van der Waals surface area (Å²) in [6.07, 6.45) is -0.596. The molecule has 23 heavy (non-hydrogen) atoms. The molecule has 1 aliphatic carbocycles. The maximum atomic E-state index is 11.2. The van der Waals surface area contributed by atoms with Crippen molar-refractivity contribution in [2.45, 2.75) is 6.42 Å². The topological polar surface area (TPSA) is 46.5 Å². The predicted molar refractivity (Wildman–Crippen MR) is 88.8 cm³/mol. The Balaban J connectivity index is 1.94. The third-order valence-electron chi connectivity index (χ3n) is 4.21. The van der Waals surface area contributed by atoms with Crippen LogP contribution in [0.2, 0.25) is 0 Å². The van der Waals surface area contributed by atoms with Gasteiger partial charge in [0.1, 0.15) is 5.75 Å². The highest BCUT2D eigenvalue weighted by atomic mass is 16.7. The third-order valence-corrected chi connectivity index (χ3v) is 4.21. The summed E-state index contributed by atoms with van der Waals surface area (Å²) in [5.74, 6) is 0.442. The monoisotopic (exact) mass is 302 g/mol. The molecule has 3 heteroatoms. The van der Waals surface area contributed by atoms with Gasteiger partial charge < -0.3 is 9.84 Å². The highest BCUT2D eigenvalue weighted by Crippen LogP contribution is 2.45. The van der Waals surface area contributed by atoms with Gasteiger partial charge in [-0.05, 0) is 28.3 Å². The summed E-state index contributed by atoms with van der Waals surface area (Å²) in [6.45, 7) is 0. The molecule has 112 valence electrons. The average Bonchev–Trinajstić information content (AvgIpc) is 2.95. The van der Waals surface area contributed by atoms with Crippen molar-refractivity contribution in [1.29, 1.82) is 0 Å². The molecule has 3 aromatic rings. The van der Waals surface area contributed by atoms with Crippen molar-refractivity contribution in [2.75, 3.05) is 0 Å². The van der Waals surface area contributed by atoms with Gasteiger partial charge in [0.2, 0.25) is 0 Å². The second-order valence-electron chi connectivity index (χ2n) is 5.54. The summed E-state index contributed by atoms with van der Waals surface area (Å²) in [5, 5.41) is 9.16. The number of ether oxygens (including phenoxy) is 1. The first-order chi connectivity index (χ1) is 11.2. The van der Waals surface area contributed by atoms with Gasteiger partial charge in [0, 0.05) is 17.5 Å². The Morgan fingerprint density at radius 1 is 0.826 bits per heavy atom. The fraction of sp³-hybridized carbons (Fsp3) is 0.0500. The van der Waals surface area contributed by atoms with E-state index in [2.05, 4.69) is 18.2 Å². The average molecular weight is 302 g/mol. The summed E-state index contributed by atoms with van der Waals surface area (Å²) >= 11 is 0. The quantitative estimate of drug-likeness (QED) is 0.419. The van der Waals surface area contributed by atoms with Crippen molar-refractivity contribution in [3.8, 4) is 28.0 Å². The lowest BCUT2D eigenvalue weighted by molar-refractivity contribution is 0.144. The van der Waals surface area contributed by atoms with E-state index in [9.17, 15) is 4.79 Å². The largest absolute Gasteiger partial charge is 0.511 e. The molecule has 3 nitrogen and oxygen atoms in total. The lowest BCUT2D eigenvalue weighted by Crippen LogP contribution is -2.06. The smallest absolute Gasteiger partial charge is 0.449 e. The molecule has 0 saturated heterocycles. The zero-order valence-corrected chi connectivity index (χ0v) is 12.3. The summed E-state index contributed by atoms with van der Waals surface area (Å²) in [7, 11) is 0. The first-order valence-electron chi connectivity index (χ1n) is 7.44. The zero-order valence-electron chi connectivity index (χ0n) is 12.3. The summed E-state index contributed by atoms with van der Waals surface area (Å²) in [5.41, 5.74) is 6.09. The maximum Gasteiger partial charge on any atom is 0.511 e. The lowest BCUT2D eigenvalue weighted by atomic mass is 9.97. The van der Waals surface area contributed by atoms with E-state index >= 15 is 0 Å². The Morgan fingerprint density at radius 3 is 2.30 bits per heavy atom. The van der Waals surface area contributed by atoms with Crippen molar-refractivity contribution in [1.82, 2.24) is 0 Å². The number of carbonyl (C=O) groups is 1. The first-order valence-corrected chi connectivity index (χ1v) is 7.44. The standard InChI is InChI=1S/C20H14O3/c21-20(22)23-19-16(13-6-2-1-3-7-13)10-11-17-15-9-5-4-8-14(15)12-18(17)19/h1-11H,12H2,(H,21,22). The summed E-state index contributed by atoms with van der Waals surface area (Å²) < 4.78 is 5.19. The molecule has 0 unspecified atom stereocenters. The molecule has 3 aromatic carbocycles. The van der Waals surface area contributed by atoms with E-state index in [4.69, 9.17) is 9.84 Å². The number of benzene rings is 3. The van der Waals surface area contributed by atoms with E-state index in [0.717, 1.165) is 27.8 Å². The highest BCUT2D eigenvalue weighted by Gasteiger charge is 2.25. The van der Waals surface area contributed by atoms with Gasteiger partial charge in [0.05, 0.1) is 0 Å². The molecule has 1 N–H and O–H groups in total. The van der Waals surface area contributed by atoms with Gasteiger partial charge in [0.15, 0.2) is 0 Å². The number of fused-ring (bicyclic) bond motifs is 3. The van der Waals surface area contributed by atoms with Crippen LogP contribution in [0.4, 0.5) is 4.79 Å². The van der Waals surface area contributed by atoms with Crippen LogP contribution in [0.3, 0.4) is 0 Å². The highest BCUT2D eigenvalue weighted by molar-refractivity contribution is 5.86. The van der Waals surface area contributed by atoms with E-state index in [1.165, 1.54) is 5.56 Å². The van der Waals surface area contributed by atoms with E-state index in [0.29, 0.717) is 12.2 Å². The lowest BCUT2D eigenvalue weighted by Gasteiger charge is -2.13. The molecule has 0 aliphatic heterocycles. The van der Waals surface area contributed by atoms with Crippen LogP contribution >= 0.6 is 0 Å². The molecule has 0 aromatic heterocycles. The van der Waals surface area contributed by atoms with Crippen molar-refractivity contribution < 1.29 is 14.6 Å². The van der Waals surface area contributed by atoms with Crippen LogP contribution in [0.5, 0.6) is 5.75 Å². The third kappa shape index (κ3) is 2.27. The van der Waals surface area contributed by atoms with Crippen LogP contribution in [0.1, 0.15) is 11.1 Å². The fourth-order valence-electron chi connectivity index (χ4n) is 3.23. The normalized spacial score (nSPS) is 11.7. The minimum atomic E-state index is -1.29. The molecule has 0 spiro atoms. The van der Waals surface area contributed by atoms with Crippen molar-refractivity contribution in [2.24, 2.45) is 0 Å². The van der Waals surface area contributed by atoms with E-state index in [1.54, 1.807) is 0 Å². The number of carboxylic acid groups (broad SMARTS) is 1. The second kappa shape index (κ2) is 5.29. The van der Waals surface area contributed by atoms with E-state index < -0.39 is 6.16 Å². The van der Waals surface area contributed by atoms with Crippen LogP contribution in [0, 0.1) is 0 Å². The predicted octanol–water partition coefficient (Wildman–Crippen LogP) is 4.98. The van der Waals surface area contributed by atoms with Crippen LogP contribution in [-0.2, 0) is 6.42 Å². The fourth-order valence-corrected chi connectivity index (χ4v) is 3.23.